The number of nitriles is 4. The molecule has 4 aromatic rings. The van der Waals surface area contributed by atoms with E-state index in [1.807, 2.05) is 0 Å². The van der Waals surface area contributed by atoms with E-state index in [0.717, 1.165) is 77.0 Å². The maximum absolute atomic E-state index is 16.4. The van der Waals surface area contributed by atoms with Gasteiger partial charge in [0.2, 0.25) is 0 Å². The van der Waals surface area contributed by atoms with E-state index in [1.165, 1.54) is 345 Å². The Bertz CT molecular complexity index is 3590. The lowest BCUT2D eigenvalue weighted by Crippen LogP contribution is -2.43. The van der Waals surface area contributed by atoms with Crippen LogP contribution in [-0.4, -0.2) is 0 Å². The van der Waals surface area contributed by atoms with Crippen LogP contribution in [0.5, 0.6) is 23.0 Å². The van der Waals surface area contributed by atoms with Crippen LogP contribution >= 0.6 is 0 Å². The van der Waals surface area contributed by atoms with Crippen LogP contribution in [-0.2, 0) is 25.7 Å². The molecule has 0 N–H and O–H groups in total. The summed E-state index contributed by atoms with van der Waals surface area (Å²) in [4.78, 5) is 0. The Kier molecular flexibility index (Phi) is 34.6. The third kappa shape index (κ3) is 23.9. The number of benzene rings is 4. The second-order valence-corrected chi connectivity index (χ2v) is 40.6. The van der Waals surface area contributed by atoms with E-state index in [4.69, 9.17) is 9.47 Å². The normalized spacial score (nSPS) is 26.1. The fourth-order valence-electron chi connectivity index (χ4n) is 24.4. The summed E-state index contributed by atoms with van der Waals surface area (Å²) in [5.41, 5.74) is 3.74. The molecule has 0 aliphatic heterocycles. The monoisotopic (exact) mass is 1590 g/mol. The van der Waals surface area contributed by atoms with E-state index in [0.29, 0.717) is 92.6 Å². The van der Waals surface area contributed by atoms with Gasteiger partial charge in [0, 0.05) is 22.3 Å². The summed E-state index contributed by atoms with van der Waals surface area (Å²) in [6, 6.07) is 21.2. The first-order valence-electron chi connectivity index (χ1n) is 48.7. The Labute approximate surface area is 702 Å². The second kappa shape index (κ2) is 44.1. The van der Waals surface area contributed by atoms with E-state index < -0.39 is 23.3 Å². The Hall–Kier alpha value is -5.84. The van der Waals surface area contributed by atoms with Crippen molar-refractivity contribution in [2.24, 2.45) is 43.3 Å². The maximum atomic E-state index is 16.4. The Morgan fingerprint density at radius 1 is 0.224 bits per heavy atom. The van der Waals surface area contributed by atoms with Gasteiger partial charge in [0.15, 0.2) is 0 Å². The highest BCUT2D eigenvalue weighted by molar-refractivity contribution is 5.52. The molecule has 6 nitrogen and oxygen atoms in total. The van der Waals surface area contributed by atoms with Crippen LogP contribution in [0.25, 0.3) is 0 Å². The van der Waals surface area contributed by atoms with Crippen molar-refractivity contribution in [1.29, 1.82) is 21.0 Å². The number of rotatable bonds is 50. The van der Waals surface area contributed by atoms with Gasteiger partial charge in [-0.1, -0.05) is 246 Å². The molecule has 0 aromatic heterocycles. The Balaban J connectivity index is 0.000000228. The zero-order chi connectivity index (χ0) is 81.8. The number of fused-ring (bicyclic) bond motifs is 12. The van der Waals surface area contributed by atoms with Crippen molar-refractivity contribution in [3.05, 3.63) is 116 Å². The summed E-state index contributed by atoms with van der Waals surface area (Å²) in [5.74, 6) is -0.406. The molecular formula is C106H152F4N4O2. The van der Waals surface area contributed by atoms with Crippen LogP contribution in [0.4, 0.5) is 17.6 Å². The van der Waals surface area contributed by atoms with Crippen molar-refractivity contribution in [1.82, 2.24) is 0 Å². The summed E-state index contributed by atoms with van der Waals surface area (Å²) in [5, 5.41) is 39.5. The van der Waals surface area contributed by atoms with Crippen LogP contribution in [0.1, 0.15) is 470 Å². The van der Waals surface area contributed by atoms with Gasteiger partial charge >= 0.3 is 0 Å². The standard InChI is InChI=1S/C54H78F2N2O.C52H74F2N2O/c1-3-5-7-9-11-13-15-17-19-25-51-27-33-53(34-28-51,35-29-51)39-45-47(23-21-43(41-57)49(45)55)59-48-24-22-44(42-58)50(56)46(48)40-54-36-30-52(31-37-54,32-38-54)26-20-18-16-14-12-10-8-6-4-2;1-3-5-7-9-11-13-15-17-23-49-25-31-51(32-26-49,33-27-49)37-43-45(21-19-41(39-55)47(43)53)57-46-22-20-42(40-56)48(54)44(46)38-52-34-28-50(29-35-52,30-36-52)24-18-16-14-12-10-8-6-4-2/h21-24H,3-20,25-40H2,1-2H3;19-22H,3-18,23-38H2,1-2H3. The minimum absolute atomic E-state index is 0.00289. The number of ether oxygens (including phenoxy) is 2. The summed E-state index contributed by atoms with van der Waals surface area (Å²) in [6.45, 7) is 9.10. The first-order chi connectivity index (χ1) is 56.4. The van der Waals surface area contributed by atoms with E-state index in [9.17, 15) is 21.0 Å². The van der Waals surface area contributed by atoms with Crippen LogP contribution in [0, 0.1) is 112 Å². The van der Waals surface area contributed by atoms with Crippen molar-refractivity contribution in [2.45, 2.75) is 451 Å². The molecule has 12 fully saturated rings. The Morgan fingerprint density at radius 2 is 0.371 bits per heavy atom. The lowest BCUT2D eigenvalue weighted by atomic mass is 9.51. The third-order valence-corrected chi connectivity index (χ3v) is 32.9. The number of hydrogen-bond donors (Lipinski definition) is 0. The molecular weight excluding hydrogens is 1440 g/mol. The van der Waals surface area contributed by atoms with E-state index in [-0.39, 0.29) is 43.9 Å². The quantitative estimate of drug-likeness (QED) is 0.0321. The van der Waals surface area contributed by atoms with Crippen molar-refractivity contribution < 1.29 is 27.0 Å². The van der Waals surface area contributed by atoms with Crippen LogP contribution in [0.15, 0.2) is 48.5 Å². The highest BCUT2D eigenvalue weighted by Gasteiger charge is 2.53. The maximum Gasteiger partial charge on any atom is 0.147 e. The minimum atomic E-state index is -0.493. The number of unbranched alkanes of at least 4 members (excludes halogenated alkanes) is 30. The molecule has 0 amide bonds. The molecule has 8 bridgehead atoms. The van der Waals surface area contributed by atoms with Gasteiger partial charge in [-0.05, 0) is 297 Å². The van der Waals surface area contributed by atoms with Crippen molar-refractivity contribution >= 4 is 0 Å². The van der Waals surface area contributed by atoms with Crippen LogP contribution in [0.3, 0.4) is 0 Å². The SMILES string of the molecule is CCCCCCCCCCC12CCC(Cc3c(Oc4ccc(C#N)c(F)c4CC45CCC(CCCCCCCCCC)(CC4)CC5)ccc(C#N)c3F)(CC1)CC2.CCCCCCCCCCCC12CCC(Cc3c(Oc4ccc(C#N)c(F)c4CC45CCC(CCCCCCCCCCC)(CC4)CC5)ccc(C#N)c3F)(CC1)CC2. The average molecular weight is 1590 g/mol. The smallest absolute Gasteiger partial charge is 0.147 e. The molecule has 12 aliphatic carbocycles. The number of nitrogens with zero attached hydrogens (tertiary/aromatic N) is 4. The van der Waals surface area contributed by atoms with Gasteiger partial charge in [-0.3, -0.25) is 0 Å². The molecule has 0 spiro atoms. The first kappa shape index (κ1) is 90.9. The van der Waals surface area contributed by atoms with E-state index >= 15 is 17.6 Å². The van der Waals surface area contributed by atoms with Gasteiger partial charge in [0.25, 0.3) is 0 Å². The Morgan fingerprint density at radius 3 is 0.526 bits per heavy atom. The molecule has 10 heteroatoms. The third-order valence-electron chi connectivity index (χ3n) is 32.9. The van der Waals surface area contributed by atoms with Crippen molar-refractivity contribution in [3.8, 4) is 47.3 Å². The highest BCUT2D eigenvalue weighted by atomic mass is 19.1. The zero-order valence-corrected chi connectivity index (χ0v) is 73.4. The van der Waals surface area contributed by atoms with E-state index in [1.54, 1.807) is 24.3 Å². The molecule has 116 heavy (non-hydrogen) atoms. The van der Waals surface area contributed by atoms with Crippen LogP contribution in [0.2, 0.25) is 0 Å². The molecule has 12 aliphatic rings. The summed E-state index contributed by atoms with van der Waals surface area (Å²) in [7, 11) is 0. The number of halogens is 4. The molecule has 0 radical (unpaired) electrons. The lowest BCUT2D eigenvalue weighted by Gasteiger charge is -2.54. The molecule has 4 aromatic carbocycles. The van der Waals surface area contributed by atoms with Gasteiger partial charge in [-0.25, -0.2) is 17.6 Å². The molecule has 0 unspecified atom stereocenters. The van der Waals surface area contributed by atoms with Gasteiger partial charge in [0.05, 0.1) is 22.3 Å². The summed E-state index contributed by atoms with van der Waals surface area (Å²) < 4.78 is 78.7. The predicted molar refractivity (Wildman–Crippen MR) is 468 cm³/mol. The summed E-state index contributed by atoms with van der Waals surface area (Å²) >= 11 is 0. The summed E-state index contributed by atoms with van der Waals surface area (Å²) in [6.07, 6.45) is 80.9. The molecule has 636 valence electrons. The fraction of sp³-hybridized carbons (Fsp3) is 0.736. The number of hydrogen-bond acceptors (Lipinski definition) is 6. The second-order valence-electron chi connectivity index (χ2n) is 40.6. The van der Waals surface area contributed by atoms with Crippen LogP contribution < -0.4 is 9.47 Å². The highest BCUT2D eigenvalue weighted by Crippen LogP contribution is 2.65. The van der Waals surface area contributed by atoms with Gasteiger partial charge < -0.3 is 9.47 Å². The molecule has 16 rings (SSSR count). The minimum Gasteiger partial charge on any atom is -0.457 e. The first-order valence-corrected chi connectivity index (χ1v) is 48.7. The van der Waals surface area contributed by atoms with Gasteiger partial charge in [0.1, 0.15) is 70.5 Å². The average Bonchev–Trinajstić information content (AvgIpc) is 0.766. The van der Waals surface area contributed by atoms with Gasteiger partial charge in [-0.15, -0.1) is 0 Å². The fourth-order valence-corrected chi connectivity index (χ4v) is 24.4. The van der Waals surface area contributed by atoms with Crippen molar-refractivity contribution in [2.75, 3.05) is 0 Å². The zero-order valence-electron chi connectivity index (χ0n) is 73.4. The lowest BCUT2D eigenvalue weighted by molar-refractivity contribution is -0.0164. The largest absolute Gasteiger partial charge is 0.457 e. The molecule has 0 atom stereocenters. The van der Waals surface area contributed by atoms with Gasteiger partial charge in [-0.2, -0.15) is 21.0 Å². The molecule has 12 saturated carbocycles. The van der Waals surface area contributed by atoms with E-state index in [2.05, 4.69) is 52.0 Å². The van der Waals surface area contributed by atoms with Crippen molar-refractivity contribution in [3.63, 3.8) is 0 Å². The topological polar surface area (TPSA) is 114 Å². The predicted octanol–water partition coefficient (Wildman–Crippen LogP) is 33.4. The molecule has 0 heterocycles. The molecule has 0 saturated heterocycles.